The molecule has 0 fully saturated rings. The number of rotatable bonds is 12. The number of benzene rings is 1. The van der Waals surface area contributed by atoms with E-state index in [0.717, 1.165) is 5.75 Å². The molecule has 8 heteroatoms. The van der Waals surface area contributed by atoms with Crippen molar-refractivity contribution in [3.8, 4) is 5.75 Å². The molecule has 0 saturated heterocycles. The van der Waals surface area contributed by atoms with Crippen molar-refractivity contribution in [3.63, 3.8) is 0 Å². The molecule has 156 valence electrons. The molecule has 0 aliphatic heterocycles. The summed E-state index contributed by atoms with van der Waals surface area (Å²) in [7, 11) is 1.32. The van der Waals surface area contributed by atoms with Crippen LogP contribution in [0.25, 0.3) is 0 Å². The summed E-state index contributed by atoms with van der Waals surface area (Å²) in [5.41, 5.74) is 0. The van der Waals surface area contributed by atoms with E-state index in [1.807, 2.05) is 31.4 Å². The Morgan fingerprint density at radius 1 is 1.21 bits per heavy atom. The van der Waals surface area contributed by atoms with Crippen LogP contribution in [0.2, 0.25) is 0 Å². The minimum atomic E-state index is -0.663. The topological polar surface area (TPSA) is 84.9 Å². The van der Waals surface area contributed by atoms with Crippen LogP contribution in [0, 0.1) is 5.92 Å². The number of para-hydroxylation sites is 1. The monoisotopic (exact) mass is 410 g/mol. The van der Waals surface area contributed by atoms with Gasteiger partial charge >= 0.3 is 5.97 Å². The molecule has 7 nitrogen and oxygen atoms in total. The molecular weight excluding hydrogens is 380 g/mol. The number of amides is 2. The number of nitrogens with one attached hydrogen (secondary N) is 1. The summed E-state index contributed by atoms with van der Waals surface area (Å²) in [6, 6.07) is 8.36. The number of hydrogen-bond donors (Lipinski definition) is 1. The van der Waals surface area contributed by atoms with Crippen molar-refractivity contribution in [2.45, 2.75) is 26.3 Å². The molecule has 2 unspecified atom stereocenters. The lowest BCUT2D eigenvalue weighted by Crippen LogP contribution is -2.51. The van der Waals surface area contributed by atoms with Crippen molar-refractivity contribution in [2.75, 3.05) is 38.8 Å². The van der Waals surface area contributed by atoms with Crippen molar-refractivity contribution in [1.82, 2.24) is 10.2 Å². The van der Waals surface area contributed by atoms with Gasteiger partial charge in [-0.1, -0.05) is 25.1 Å². The zero-order chi connectivity index (χ0) is 20.9. The Morgan fingerprint density at radius 2 is 1.89 bits per heavy atom. The predicted molar refractivity (Wildman–Crippen MR) is 110 cm³/mol. The van der Waals surface area contributed by atoms with Crippen molar-refractivity contribution in [3.05, 3.63) is 30.3 Å². The average Bonchev–Trinajstić information content (AvgIpc) is 2.72. The Hall–Kier alpha value is -2.22. The molecule has 1 rings (SSSR count). The van der Waals surface area contributed by atoms with Crippen LogP contribution in [-0.4, -0.2) is 67.5 Å². The molecule has 1 aromatic rings. The average molecular weight is 411 g/mol. The second-order valence-corrected chi connectivity index (χ2v) is 7.29. The van der Waals surface area contributed by atoms with Crippen molar-refractivity contribution >= 4 is 29.5 Å². The highest BCUT2D eigenvalue weighted by Gasteiger charge is 2.27. The lowest BCUT2D eigenvalue weighted by molar-refractivity contribution is -0.147. The summed E-state index contributed by atoms with van der Waals surface area (Å²) in [5.74, 6) is -0.0627. The number of hydrogen-bond acceptors (Lipinski definition) is 6. The van der Waals surface area contributed by atoms with Gasteiger partial charge < -0.3 is 19.7 Å². The Balaban J connectivity index is 2.71. The molecule has 0 radical (unpaired) electrons. The highest BCUT2D eigenvalue weighted by Crippen LogP contribution is 2.10. The van der Waals surface area contributed by atoms with E-state index in [4.69, 9.17) is 9.47 Å². The summed E-state index contributed by atoms with van der Waals surface area (Å²) in [6.07, 6.45) is 2.44. The fourth-order valence-corrected chi connectivity index (χ4v) is 3.07. The fraction of sp³-hybridized carbons (Fsp3) is 0.550. The molecule has 0 heterocycles. The Kier molecular flexibility index (Phi) is 11.1. The zero-order valence-corrected chi connectivity index (χ0v) is 17.8. The number of ether oxygens (including phenoxy) is 2. The Labute approximate surface area is 171 Å². The van der Waals surface area contributed by atoms with Crippen molar-refractivity contribution < 1.29 is 23.9 Å². The highest BCUT2D eigenvalue weighted by atomic mass is 32.2. The van der Waals surface area contributed by atoms with E-state index in [0.29, 0.717) is 18.7 Å². The van der Waals surface area contributed by atoms with Gasteiger partial charge in [0.05, 0.1) is 13.0 Å². The van der Waals surface area contributed by atoms with Crippen LogP contribution in [-0.2, 0) is 19.1 Å². The van der Waals surface area contributed by atoms with Crippen molar-refractivity contribution in [2.24, 2.45) is 5.92 Å². The van der Waals surface area contributed by atoms with Gasteiger partial charge in [-0.25, -0.2) is 0 Å². The van der Waals surface area contributed by atoms with Gasteiger partial charge in [-0.05, 0) is 37.5 Å². The van der Waals surface area contributed by atoms with Gasteiger partial charge in [0.25, 0.3) is 5.91 Å². The standard InChI is InChI=1S/C20H30N2O5S/c1-5-22(13-15(2)20(25)26-3)19(24)17(11-12-28-4)21-18(23)14-27-16-9-7-6-8-10-16/h6-10,15,17H,5,11-14H2,1-4H3,(H,21,23). The van der Waals surface area contributed by atoms with Crippen LogP contribution in [0.3, 0.4) is 0 Å². The second kappa shape index (κ2) is 13.0. The first-order valence-electron chi connectivity index (χ1n) is 9.25. The van der Waals surface area contributed by atoms with Crippen molar-refractivity contribution in [1.29, 1.82) is 0 Å². The molecular formula is C20H30N2O5S. The van der Waals surface area contributed by atoms with Crippen LogP contribution < -0.4 is 10.1 Å². The van der Waals surface area contributed by atoms with Crippen LogP contribution in [0.5, 0.6) is 5.75 Å². The molecule has 0 aliphatic rings. The van der Waals surface area contributed by atoms with E-state index in [2.05, 4.69) is 5.32 Å². The van der Waals surface area contributed by atoms with E-state index in [1.54, 1.807) is 35.7 Å². The molecule has 0 saturated carbocycles. The smallest absolute Gasteiger partial charge is 0.310 e. The van der Waals surface area contributed by atoms with Gasteiger partial charge in [0.2, 0.25) is 5.91 Å². The number of thioether (sulfide) groups is 1. The van der Waals surface area contributed by atoms with E-state index in [-0.39, 0.29) is 30.9 Å². The molecule has 2 amide bonds. The van der Waals surface area contributed by atoms with Gasteiger partial charge in [0, 0.05) is 13.1 Å². The maximum Gasteiger partial charge on any atom is 0.310 e. The third-order valence-electron chi connectivity index (χ3n) is 4.15. The zero-order valence-electron chi connectivity index (χ0n) is 17.0. The predicted octanol–water partition coefficient (Wildman–Crippen LogP) is 1.96. The quantitative estimate of drug-likeness (QED) is 0.530. The lowest BCUT2D eigenvalue weighted by atomic mass is 10.1. The normalized spacial score (nSPS) is 12.6. The van der Waals surface area contributed by atoms with E-state index in [9.17, 15) is 14.4 Å². The largest absolute Gasteiger partial charge is 0.484 e. The number of nitrogens with zero attached hydrogens (tertiary/aromatic N) is 1. The van der Waals surface area contributed by atoms with Crippen LogP contribution in [0.15, 0.2) is 30.3 Å². The first-order chi connectivity index (χ1) is 13.4. The number of carbonyl (C=O) groups is 3. The highest BCUT2D eigenvalue weighted by molar-refractivity contribution is 7.98. The molecule has 0 aromatic heterocycles. The van der Waals surface area contributed by atoms with Gasteiger partial charge in [-0.2, -0.15) is 11.8 Å². The molecule has 0 aliphatic carbocycles. The molecule has 1 aromatic carbocycles. The summed E-state index contributed by atoms with van der Waals surface area (Å²) in [5, 5.41) is 2.77. The van der Waals surface area contributed by atoms with Gasteiger partial charge in [0.15, 0.2) is 6.61 Å². The maximum atomic E-state index is 12.9. The Morgan fingerprint density at radius 3 is 2.46 bits per heavy atom. The molecule has 2 atom stereocenters. The first-order valence-corrected chi connectivity index (χ1v) is 10.6. The number of likely N-dealkylation sites (N-methyl/N-ethyl adjacent to an activating group) is 1. The van der Waals surface area contributed by atoms with Crippen LogP contribution >= 0.6 is 11.8 Å². The molecule has 0 spiro atoms. The minimum Gasteiger partial charge on any atom is -0.484 e. The van der Waals surface area contributed by atoms with Gasteiger partial charge in [-0.3, -0.25) is 14.4 Å². The number of esters is 1. The van der Waals surface area contributed by atoms with E-state index in [1.165, 1.54) is 7.11 Å². The summed E-state index contributed by atoms with van der Waals surface area (Å²) in [4.78, 5) is 38.5. The van der Waals surface area contributed by atoms with E-state index < -0.39 is 12.0 Å². The van der Waals surface area contributed by atoms with Crippen LogP contribution in [0.4, 0.5) is 0 Å². The SMILES string of the molecule is CCN(CC(C)C(=O)OC)C(=O)C(CCSC)NC(=O)COc1ccccc1. The number of methoxy groups -OCH3 is 1. The fourth-order valence-electron chi connectivity index (χ4n) is 2.60. The third-order valence-corrected chi connectivity index (χ3v) is 4.79. The lowest BCUT2D eigenvalue weighted by Gasteiger charge is -2.28. The second-order valence-electron chi connectivity index (χ2n) is 6.30. The molecule has 0 bridgehead atoms. The summed E-state index contributed by atoms with van der Waals surface area (Å²) >= 11 is 1.60. The molecule has 1 N–H and O–H groups in total. The first kappa shape index (κ1) is 23.8. The minimum absolute atomic E-state index is 0.169. The summed E-state index contributed by atoms with van der Waals surface area (Å²) < 4.78 is 10.2. The summed E-state index contributed by atoms with van der Waals surface area (Å²) in [6.45, 7) is 4.07. The maximum absolute atomic E-state index is 12.9. The van der Waals surface area contributed by atoms with Gasteiger partial charge in [-0.15, -0.1) is 0 Å². The molecule has 28 heavy (non-hydrogen) atoms. The third kappa shape index (κ3) is 8.21. The van der Waals surface area contributed by atoms with Gasteiger partial charge in [0.1, 0.15) is 11.8 Å². The Bertz CT molecular complexity index is 626. The number of carbonyl (C=O) groups excluding carboxylic acids is 3. The van der Waals surface area contributed by atoms with E-state index >= 15 is 0 Å². The van der Waals surface area contributed by atoms with Crippen LogP contribution in [0.1, 0.15) is 20.3 Å².